The molecule has 2 aromatic carbocycles. The summed E-state index contributed by atoms with van der Waals surface area (Å²) in [5.74, 6) is -0.282. The van der Waals surface area contributed by atoms with Crippen LogP contribution in [-0.4, -0.2) is 17.7 Å². The van der Waals surface area contributed by atoms with E-state index in [1.807, 2.05) is 18.2 Å². The molecule has 0 atom stereocenters. The van der Waals surface area contributed by atoms with E-state index in [9.17, 15) is 4.79 Å². The molecule has 3 nitrogen and oxygen atoms in total. The third kappa shape index (κ3) is 5.04. The van der Waals surface area contributed by atoms with Crippen molar-refractivity contribution in [2.24, 2.45) is 0 Å². The van der Waals surface area contributed by atoms with Crippen LogP contribution < -0.4 is 4.74 Å². The van der Waals surface area contributed by atoms with E-state index in [0.29, 0.717) is 12.4 Å². The Balaban J connectivity index is 1.78. The summed E-state index contributed by atoms with van der Waals surface area (Å²) in [5.41, 5.74) is 1.59. The molecule has 0 aliphatic carbocycles. The van der Waals surface area contributed by atoms with E-state index in [2.05, 4.69) is 34.7 Å². The van der Waals surface area contributed by atoms with Crippen molar-refractivity contribution < 1.29 is 14.6 Å². The van der Waals surface area contributed by atoms with Crippen LogP contribution in [0.25, 0.3) is 0 Å². The number of aromatic carboxylic acids is 1. The zero-order chi connectivity index (χ0) is 15.1. The average Bonchev–Trinajstić information content (AvgIpc) is 2.49. The summed E-state index contributed by atoms with van der Waals surface area (Å²) < 4.78 is 6.63. The van der Waals surface area contributed by atoms with Crippen LogP contribution in [0.3, 0.4) is 0 Å². The van der Waals surface area contributed by atoms with Crippen LogP contribution in [0.4, 0.5) is 0 Å². The molecular weight excluding hydrogens is 379 g/mol. The fraction of sp³-hybridized carbons (Fsp3) is 0.235. The number of hydrogen-bond donors (Lipinski definition) is 1. The minimum absolute atomic E-state index is 0.259. The summed E-state index contributed by atoms with van der Waals surface area (Å²) in [5, 5.41) is 8.98. The SMILES string of the molecule is O=C(O)c1ccc(I)c(OCCCCc2ccccc2)c1. The predicted octanol–water partition coefficient (Wildman–Crippen LogP) is 4.39. The largest absolute Gasteiger partial charge is 0.492 e. The predicted molar refractivity (Wildman–Crippen MR) is 91.0 cm³/mol. The van der Waals surface area contributed by atoms with Gasteiger partial charge in [0.25, 0.3) is 0 Å². The van der Waals surface area contributed by atoms with Gasteiger partial charge in [-0.1, -0.05) is 30.3 Å². The van der Waals surface area contributed by atoms with Crippen molar-refractivity contribution in [2.45, 2.75) is 19.3 Å². The van der Waals surface area contributed by atoms with Gasteiger partial charge in [0.2, 0.25) is 0 Å². The Kier molecular flexibility index (Phi) is 6.04. The molecule has 0 bridgehead atoms. The van der Waals surface area contributed by atoms with Gasteiger partial charge in [-0.05, 0) is 65.6 Å². The highest BCUT2D eigenvalue weighted by Crippen LogP contribution is 2.22. The van der Waals surface area contributed by atoms with E-state index in [4.69, 9.17) is 9.84 Å². The third-order valence-electron chi connectivity index (χ3n) is 3.14. The maximum Gasteiger partial charge on any atom is 0.335 e. The van der Waals surface area contributed by atoms with Gasteiger partial charge in [0.05, 0.1) is 15.7 Å². The Morgan fingerprint density at radius 1 is 1.10 bits per heavy atom. The van der Waals surface area contributed by atoms with Crippen LogP contribution in [0, 0.1) is 3.57 Å². The van der Waals surface area contributed by atoms with E-state index in [-0.39, 0.29) is 5.56 Å². The van der Waals surface area contributed by atoms with Crippen LogP contribution in [0.2, 0.25) is 0 Å². The number of halogens is 1. The van der Waals surface area contributed by atoms with E-state index < -0.39 is 5.97 Å². The zero-order valence-electron chi connectivity index (χ0n) is 11.6. The number of carboxylic acid groups (broad SMARTS) is 1. The van der Waals surface area contributed by atoms with Crippen molar-refractivity contribution in [3.63, 3.8) is 0 Å². The zero-order valence-corrected chi connectivity index (χ0v) is 13.7. The van der Waals surface area contributed by atoms with Crippen molar-refractivity contribution in [3.05, 3.63) is 63.2 Å². The van der Waals surface area contributed by atoms with Crippen molar-refractivity contribution in [1.82, 2.24) is 0 Å². The number of ether oxygens (including phenoxy) is 1. The van der Waals surface area contributed by atoms with Crippen LogP contribution in [0.5, 0.6) is 5.75 Å². The Hall–Kier alpha value is -1.56. The first-order valence-electron chi connectivity index (χ1n) is 6.86. The quantitative estimate of drug-likeness (QED) is 0.558. The molecule has 4 heteroatoms. The molecule has 0 heterocycles. The summed E-state index contributed by atoms with van der Waals surface area (Å²) >= 11 is 2.15. The highest BCUT2D eigenvalue weighted by Gasteiger charge is 2.07. The van der Waals surface area contributed by atoms with E-state index in [1.165, 1.54) is 5.56 Å². The molecule has 0 aliphatic heterocycles. The lowest BCUT2D eigenvalue weighted by atomic mass is 10.1. The summed E-state index contributed by atoms with van der Waals surface area (Å²) in [6.45, 7) is 0.603. The van der Waals surface area contributed by atoms with Gasteiger partial charge in [0.1, 0.15) is 5.75 Å². The molecular formula is C17H17IO3. The smallest absolute Gasteiger partial charge is 0.335 e. The maximum atomic E-state index is 10.9. The molecule has 0 aromatic heterocycles. The lowest BCUT2D eigenvalue weighted by molar-refractivity contribution is 0.0696. The molecule has 2 rings (SSSR count). The van der Waals surface area contributed by atoms with Gasteiger partial charge >= 0.3 is 5.97 Å². The lowest BCUT2D eigenvalue weighted by Gasteiger charge is -2.09. The average molecular weight is 396 g/mol. The highest BCUT2D eigenvalue weighted by molar-refractivity contribution is 14.1. The molecule has 21 heavy (non-hydrogen) atoms. The summed E-state index contributed by atoms with van der Waals surface area (Å²) in [6.07, 6.45) is 3.04. The van der Waals surface area contributed by atoms with Gasteiger partial charge in [-0.3, -0.25) is 0 Å². The van der Waals surface area contributed by atoms with Gasteiger partial charge < -0.3 is 9.84 Å². The molecule has 0 radical (unpaired) electrons. The standard InChI is InChI=1S/C17H17IO3/c18-15-10-9-14(17(19)20)12-16(15)21-11-5-4-8-13-6-2-1-3-7-13/h1-3,6-7,9-10,12H,4-5,8,11H2,(H,19,20). The van der Waals surface area contributed by atoms with E-state index in [1.54, 1.807) is 18.2 Å². The van der Waals surface area contributed by atoms with E-state index >= 15 is 0 Å². The fourth-order valence-corrected chi connectivity index (χ4v) is 2.50. The number of hydrogen-bond acceptors (Lipinski definition) is 2. The molecule has 0 saturated carbocycles. The number of aryl methyl sites for hydroxylation is 1. The summed E-state index contributed by atoms with van der Waals surface area (Å²) in [6, 6.07) is 15.3. The first-order chi connectivity index (χ1) is 10.2. The second-order valence-electron chi connectivity index (χ2n) is 4.74. The molecule has 110 valence electrons. The molecule has 0 fully saturated rings. The van der Waals surface area contributed by atoms with Crippen LogP contribution in [-0.2, 0) is 6.42 Å². The number of carboxylic acids is 1. The molecule has 0 spiro atoms. The lowest BCUT2D eigenvalue weighted by Crippen LogP contribution is -2.02. The van der Waals surface area contributed by atoms with Crippen LogP contribution in [0.15, 0.2) is 48.5 Å². The van der Waals surface area contributed by atoms with Crippen molar-refractivity contribution in [3.8, 4) is 5.75 Å². The fourth-order valence-electron chi connectivity index (χ4n) is 2.00. The number of carbonyl (C=O) groups is 1. The molecule has 1 N–H and O–H groups in total. The van der Waals surface area contributed by atoms with Gasteiger partial charge in [-0.25, -0.2) is 4.79 Å². The molecule has 0 unspecified atom stereocenters. The molecule has 0 amide bonds. The Bertz CT molecular complexity index is 596. The van der Waals surface area contributed by atoms with Gasteiger partial charge in [-0.2, -0.15) is 0 Å². The van der Waals surface area contributed by atoms with Gasteiger partial charge in [0, 0.05) is 0 Å². The van der Waals surface area contributed by atoms with Crippen LogP contribution in [0.1, 0.15) is 28.8 Å². The molecule has 0 saturated heterocycles. The number of unbranched alkanes of at least 4 members (excludes halogenated alkanes) is 1. The number of rotatable bonds is 7. The number of benzene rings is 2. The normalized spacial score (nSPS) is 10.3. The Morgan fingerprint density at radius 2 is 1.86 bits per heavy atom. The minimum Gasteiger partial charge on any atom is -0.492 e. The highest BCUT2D eigenvalue weighted by atomic mass is 127. The second kappa shape index (κ2) is 8.02. The van der Waals surface area contributed by atoms with E-state index in [0.717, 1.165) is 22.8 Å². The summed E-state index contributed by atoms with van der Waals surface area (Å²) in [4.78, 5) is 10.9. The monoisotopic (exact) mass is 396 g/mol. The van der Waals surface area contributed by atoms with Crippen molar-refractivity contribution in [1.29, 1.82) is 0 Å². The molecule has 2 aromatic rings. The van der Waals surface area contributed by atoms with Crippen molar-refractivity contribution in [2.75, 3.05) is 6.61 Å². The van der Waals surface area contributed by atoms with Crippen LogP contribution >= 0.6 is 22.6 Å². The Labute approximate surface area is 138 Å². The minimum atomic E-state index is -0.930. The maximum absolute atomic E-state index is 10.9. The van der Waals surface area contributed by atoms with Gasteiger partial charge in [0.15, 0.2) is 0 Å². The first-order valence-corrected chi connectivity index (χ1v) is 7.94. The third-order valence-corrected chi connectivity index (χ3v) is 4.03. The van der Waals surface area contributed by atoms with Gasteiger partial charge in [-0.15, -0.1) is 0 Å². The Morgan fingerprint density at radius 3 is 2.57 bits per heavy atom. The molecule has 0 aliphatic rings. The van der Waals surface area contributed by atoms with Crippen molar-refractivity contribution >= 4 is 28.6 Å². The summed E-state index contributed by atoms with van der Waals surface area (Å²) in [7, 11) is 0. The topological polar surface area (TPSA) is 46.5 Å². The first kappa shape index (κ1) is 15.8. The second-order valence-corrected chi connectivity index (χ2v) is 5.90.